The normalized spacial score (nSPS) is 10.9. The van der Waals surface area contributed by atoms with E-state index >= 15 is 0 Å². The SMILES string of the molecule is COCc1ccccc1.O=C[C@H](CC(=O)OCc1ccccc1)NC(=O)c1ccc(-c2ccc(C(=O)O)o2)cc1OCC(=O)OCc1ccccc1. The number of carboxylic acids is 1. The Morgan fingerprint density at radius 2 is 1.29 bits per heavy atom. The van der Waals surface area contributed by atoms with Gasteiger partial charge >= 0.3 is 17.9 Å². The minimum absolute atomic E-state index is 0.00932. The van der Waals surface area contributed by atoms with Gasteiger partial charge in [0.15, 0.2) is 6.61 Å². The summed E-state index contributed by atoms with van der Waals surface area (Å²) in [5.41, 5.74) is 3.05. The van der Waals surface area contributed by atoms with E-state index in [1.165, 1.54) is 35.9 Å². The fraction of sp³-hybridized carbons (Fsp3) is 0.175. The van der Waals surface area contributed by atoms with Gasteiger partial charge in [-0.05, 0) is 41.0 Å². The Hall–Kier alpha value is -6.53. The molecule has 2 N–H and O–H groups in total. The number of amides is 1. The van der Waals surface area contributed by atoms with E-state index in [0.717, 1.165) is 11.1 Å². The van der Waals surface area contributed by atoms with Crippen LogP contribution in [0.15, 0.2) is 126 Å². The second-order valence-electron chi connectivity index (χ2n) is 11.1. The first-order chi connectivity index (χ1) is 25.2. The van der Waals surface area contributed by atoms with Gasteiger partial charge in [-0.1, -0.05) is 97.1 Å². The van der Waals surface area contributed by atoms with E-state index in [4.69, 9.17) is 23.4 Å². The van der Waals surface area contributed by atoms with E-state index in [1.54, 1.807) is 55.6 Å². The maximum Gasteiger partial charge on any atom is 0.371 e. The Kier molecular flexibility index (Phi) is 14.9. The fourth-order valence-electron chi connectivity index (χ4n) is 4.60. The fourth-order valence-corrected chi connectivity index (χ4v) is 4.60. The zero-order valence-electron chi connectivity index (χ0n) is 28.3. The highest BCUT2D eigenvalue weighted by Crippen LogP contribution is 2.29. The number of hydrogen-bond acceptors (Lipinski definition) is 10. The van der Waals surface area contributed by atoms with Crippen molar-refractivity contribution in [2.45, 2.75) is 32.3 Å². The molecule has 1 aromatic heterocycles. The molecule has 1 heterocycles. The molecule has 0 spiro atoms. The lowest BCUT2D eigenvalue weighted by Gasteiger charge is -2.16. The number of ether oxygens (including phenoxy) is 4. The van der Waals surface area contributed by atoms with Crippen molar-refractivity contribution < 1.29 is 52.4 Å². The number of esters is 2. The largest absolute Gasteiger partial charge is 0.481 e. The van der Waals surface area contributed by atoms with Gasteiger partial charge in [0, 0.05) is 12.7 Å². The number of furan rings is 1. The first kappa shape index (κ1) is 38.3. The number of hydrogen-bond donors (Lipinski definition) is 2. The third kappa shape index (κ3) is 12.4. The molecule has 5 aromatic rings. The molecule has 1 atom stereocenters. The van der Waals surface area contributed by atoms with Crippen LogP contribution in [-0.4, -0.2) is 55.0 Å². The summed E-state index contributed by atoms with van der Waals surface area (Å²) in [5, 5.41) is 11.6. The highest BCUT2D eigenvalue weighted by atomic mass is 16.6. The molecular weight excluding hydrogens is 670 g/mol. The molecule has 4 aromatic carbocycles. The smallest absolute Gasteiger partial charge is 0.371 e. The van der Waals surface area contributed by atoms with Crippen LogP contribution in [0.2, 0.25) is 0 Å². The zero-order valence-corrected chi connectivity index (χ0v) is 28.3. The number of carboxylic acid groups (broad SMARTS) is 1. The van der Waals surface area contributed by atoms with Crippen molar-refractivity contribution in [3.63, 3.8) is 0 Å². The number of aromatic carboxylic acids is 1. The molecule has 52 heavy (non-hydrogen) atoms. The summed E-state index contributed by atoms with van der Waals surface area (Å²) in [6.07, 6.45) is 0.000321. The van der Waals surface area contributed by atoms with Crippen molar-refractivity contribution in [1.29, 1.82) is 0 Å². The zero-order chi connectivity index (χ0) is 37.1. The third-order valence-electron chi connectivity index (χ3n) is 7.18. The summed E-state index contributed by atoms with van der Waals surface area (Å²) < 4.78 is 26.3. The predicted molar refractivity (Wildman–Crippen MR) is 188 cm³/mol. The average Bonchev–Trinajstić information content (AvgIpc) is 3.68. The van der Waals surface area contributed by atoms with Crippen LogP contribution in [0, 0.1) is 0 Å². The molecule has 0 fully saturated rings. The van der Waals surface area contributed by atoms with Crippen LogP contribution >= 0.6 is 0 Å². The lowest BCUT2D eigenvalue weighted by atomic mass is 10.1. The molecule has 0 saturated carbocycles. The van der Waals surface area contributed by atoms with Crippen LogP contribution in [0.5, 0.6) is 5.75 Å². The second kappa shape index (κ2) is 20.2. The Labute approximate surface area is 299 Å². The number of aldehydes is 1. The Morgan fingerprint density at radius 1 is 0.731 bits per heavy atom. The number of nitrogens with one attached hydrogen (secondary N) is 1. The first-order valence-corrected chi connectivity index (χ1v) is 16.0. The number of rotatable bonds is 16. The minimum Gasteiger partial charge on any atom is -0.481 e. The average molecular weight is 708 g/mol. The van der Waals surface area contributed by atoms with E-state index in [0.29, 0.717) is 18.5 Å². The molecule has 12 heteroatoms. The van der Waals surface area contributed by atoms with Crippen LogP contribution < -0.4 is 10.1 Å². The molecule has 0 radical (unpaired) electrons. The summed E-state index contributed by atoms with van der Waals surface area (Å²) in [6, 6.07) is 33.8. The number of benzene rings is 4. The van der Waals surface area contributed by atoms with Crippen molar-refractivity contribution in [3.05, 3.63) is 149 Å². The summed E-state index contributed by atoms with van der Waals surface area (Å²) in [7, 11) is 1.70. The van der Waals surface area contributed by atoms with Crippen LogP contribution in [0.4, 0.5) is 0 Å². The monoisotopic (exact) mass is 707 g/mol. The Balaban J connectivity index is 0.000000585. The van der Waals surface area contributed by atoms with Crippen molar-refractivity contribution >= 4 is 30.1 Å². The van der Waals surface area contributed by atoms with Gasteiger partial charge in [-0.2, -0.15) is 0 Å². The minimum atomic E-state index is -1.26. The molecule has 0 unspecified atom stereocenters. The van der Waals surface area contributed by atoms with Crippen LogP contribution in [0.3, 0.4) is 0 Å². The van der Waals surface area contributed by atoms with Gasteiger partial charge in [0.25, 0.3) is 5.91 Å². The summed E-state index contributed by atoms with van der Waals surface area (Å²) in [6.45, 7) is 0.177. The quantitative estimate of drug-likeness (QED) is 0.0908. The predicted octanol–water partition coefficient (Wildman–Crippen LogP) is 6.03. The molecular formula is C40H37NO11. The van der Waals surface area contributed by atoms with Crippen molar-refractivity contribution in [2.75, 3.05) is 13.7 Å². The molecule has 1 amide bonds. The highest BCUT2D eigenvalue weighted by Gasteiger charge is 2.22. The molecule has 0 aliphatic carbocycles. The van der Waals surface area contributed by atoms with Gasteiger partial charge < -0.3 is 38.6 Å². The highest BCUT2D eigenvalue weighted by molar-refractivity contribution is 5.99. The van der Waals surface area contributed by atoms with Crippen molar-refractivity contribution in [3.8, 4) is 17.1 Å². The molecule has 0 bridgehead atoms. The summed E-state index contributed by atoms with van der Waals surface area (Å²) in [5.74, 6) is -3.62. The summed E-state index contributed by atoms with van der Waals surface area (Å²) >= 11 is 0. The van der Waals surface area contributed by atoms with Gasteiger partial charge in [0.2, 0.25) is 5.76 Å². The van der Waals surface area contributed by atoms with Crippen molar-refractivity contribution in [2.24, 2.45) is 0 Å². The van der Waals surface area contributed by atoms with Gasteiger partial charge in [-0.25, -0.2) is 9.59 Å². The van der Waals surface area contributed by atoms with Gasteiger partial charge in [0.05, 0.1) is 24.6 Å². The van der Waals surface area contributed by atoms with E-state index in [9.17, 15) is 29.1 Å². The van der Waals surface area contributed by atoms with Gasteiger partial charge in [-0.15, -0.1) is 0 Å². The number of methoxy groups -OCH3 is 1. The number of carbonyl (C=O) groups is 5. The summed E-state index contributed by atoms with van der Waals surface area (Å²) in [4.78, 5) is 60.8. The van der Waals surface area contributed by atoms with Gasteiger partial charge in [-0.3, -0.25) is 9.59 Å². The van der Waals surface area contributed by atoms with Crippen LogP contribution in [0.25, 0.3) is 11.3 Å². The lowest BCUT2D eigenvalue weighted by molar-refractivity contribution is -0.147. The maximum atomic E-state index is 13.2. The molecule has 0 saturated heterocycles. The molecule has 0 aliphatic rings. The van der Waals surface area contributed by atoms with Crippen LogP contribution in [0.1, 0.15) is 44.0 Å². The second-order valence-corrected chi connectivity index (χ2v) is 11.1. The molecule has 0 aliphatic heterocycles. The van der Waals surface area contributed by atoms with Gasteiger partial charge in [0.1, 0.15) is 31.0 Å². The maximum absolute atomic E-state index is 13.2. The topological polar surface area (TPSA) is 168 Å². The molecule has 5 rings (SSSR count). The standard InChI is InChI=1S/C32H27NO10.C8H10O/c34-17-24(16-29(35)41-18-21-7-3-1-4-8-21)33-31(37)25-12-11-23(26-13-14-27(43-26)32(38)39)15-28(25)40-20-30(36)42-19-22-9-5-2-6-10-22;1-9-7-8-5-3-2-4-6-8/h1-15,17,24H,16,18-20H2,(H,33,37)(H,38,39);2-6H,7H2,1H3/t24-;/m0./s1. The third-order valence-corrected chi connectivity index (χ3v) is 7.18. The van der Waals surface area contributed by atoms with Crippen molar-refractivity contribution in [1.82, 2.24) is 5.32 Å². The lowest BCUT2D eigenvalue weighted by Crippen LogP contribution is -2.38. The van der Waals surface area contributed by atoms with E-state index in [1.807, 2.05) is 42.5 Å². The van der Waals surface area contributed by atoms with E-state index < -0.39 is 42.9 Å². The van der Waals surface area contributed by atoms with E-state index in [2.05, 4.69) is 5.32 Å². The molecule has 12 nitrogen and oxygen atoms in total. The Bertz CT molecular complexity index is 1910. The van der Waals surface area contributed by atoms with Crippen LogP contribution in [-0.2, 0) is 48.4 Å². The number of carbonyl (C=O) groups excluding carboxylic acids is 4. The Morgan fingerprint density at radius 3 is 1.81 bits per heavy atom. The molecule has 268 valence electrons. The van der Waals surface area contributed by atoms with E-state index in [-0.39, 0.29) is 36.0 Å². The first-order valence-electron chi connectivity index (χ1n) is 16.0.